The fourth-order valence-electron chi connectivity index (χ4n) is 1.97. The number of aromatic nitrogens is 2. The molecule has 6 nitrogen and oxygen atoms in total. The number of imidazole rings is 1. The zero-order chi connectivity index (χ0) is 15.4. The first-order chi connectivity index (χ1) is 10.0. The summed E-state index contributed by atoms with van der Waals surface area (Å²) in [4.78, 5) is 15.8. The van der Waals surface area contributed by atoms with Gasteiger partial charge in [-0.3, -0.25) is 4.79 Å². The van der Waals surface area contributed by atoms with Crippen LogP contribution in [-0.2, 0) is 16.1 Å². The first kappa shape index (κ1) is 15.7. The van der Waals surface area contributed by atoms with Gasteiger partial charge in [0, 0.05) is 32.7 Å². The van der Waals surface area contributed by atoms with E-state index in [2.05, 4.69) is 26.2 Å². The minimum Gasteiger partial charge on any atom is -0.383 e. The van der Waals surface area contributed by atoms with Gasteiger partial charge in [0.05, 0.1) is 22.1 Å². The van der Waals surface area contributed by atoms with Crippen molar-refractivity contribution in [3.63, 3.8) is 0 Å². The van der Waals surface area contributed by atoms with Crippen LogP contribution in [0.2, 0.25) is 0 Å². The van der Waals surface area contributed by atoms with E-state index in [1.54, 1.807) is 17.7 Å². The number of nitrogens with zero attached hydrogens (tertiary/aromatic N) is 2. The summed E-state index contributed by atoms with van der Waals surface area (Å²) < 4.78 is 20.4. The van der Waals surface area contributed by atoms with Crippen LogP contribution in [0.5, 0.6) is 0 Å². The summed E-state index contributed by atoms with van der Waals surface area (Å²) in [6.07, 6.45) is 0.233. The minimum atomic E-state index is -0.395. The molecule has 21 heavy (non-hydrogen) atoms. The van der Waals surface area contributed by atoms with Crippen LogP contribution in [0.3, 0.4) is 0 Å². The number of ether oxygens (including phenoxy) is 1. The Morgan fingerprint density at radius 3 is 3.05 bits per heavy atom. The molecule has 3 N–H and O–H groups in total. The maximum Gasteiger partial charge on any atom is 0.221 e. The van der Waals surface area contributed by atoms with Gasteiger partial charge in [-0.15, -0.1) is 0 Å². The van der Waals surface area contributed by atoms with Crippen molar-refractivity contribution in [3.05, 3.63) is 22.4 Å². The van der Waals surface area contributed by atoms with Crippen LogP contribution in [0, 0.1) is 5.82 Å². The molecule has 2 aromatic rings. The highest BCUT2D eigenvalue weighted by Gasteiger charge is 2.12. The lowest BCUT2D eigenvalue weighted by atomic mass is 10.3. The first-order valence-electron chi connectivity index (χ1n) is 6.39. The first-order valence-corrected chi connectivity index (χ1v) is 7.18. The number of amides is 1. The molecule has 0 saturated heterocycles. The molecule has 8 heteroatoms. The second kappa shape index (κ2) is 6.86. The molecular formula is C13H16BrFN4O2. The zero-order valence-corrected chi connectivity index (χ0v) is 13.1. The van der Waals surface area contributed by atoms with E-state index in [-0.39, 0.29) is 18.3 Å². The Hall–Kier alpha value is -1.67. The molecular weight excluding hydrogens is 343 g/mol. The molecule has 1 aromatic carbocycles. The maximum atomic E-state index is 13.6. The van der Waals surface area contributed by atoms with E-state index in [4.69, 9.17) is 10.5 Å². The van der Waals surface area contributed by atoms with Gasteiger partial charge in [-0.25, -0.2) is 9.37 Å². The van der Waals surface area contributed by atoms with Gasteiger partial charge in [0.15, 0.2) is 0 Å². The normalized spacial score (nSPS) is 11.0. The second-order valence-corrected chi connectivity index (χ2v) is 5.32. The number of methoxy groups -OCH3 is 1. The fourth-order valence-corrected chi connectivity index (χ4v) is 2.30. The van der Waals surface area contributed by atoms with E-state index in [1.165, 1.54) is 6.07 Å². The van der Waals surface area contributed by atoms with Gasteiger partial charge < -0.3 is 20.4 Å². The highest BCUT2D eigenvalue weighted by atomic mass is 79.9. The number of rotatable bonds is 6. The monoisotopic (exact) mass is 358 g/mol. The smallest absolute Gasteiger partial charge is 0.221 e. The number of fused-ring (bicyclic) bond motifs is 1. The number of benzene rings is 1. The predicted octanol–water partition coefficient (Wildman–Crippen LogP) is 1.67. The quantitative estimate of drug-likeness (QED) is 0.769. The number of carbonyl (C=O) groups excluding carboxylic acids is 1. The Balaban J connectivity index is 2.10. The van der Waals surface area contributed by atoms with E-state index in [0.29, 0.717) is 35.2 Å². The number of nitrogen functional groups attached to an aromatic ring is 1. The van der Waals surface area contributed by atoms with Crippen molar-refractivity contribution in [3.8, 4) is 0 Å². The Bertz CT molecular complexity index is 659. The van der Waals surface area contributed by atoms with Crippen molar-refractivity contribution < 1.29 is 13.9 Å². The molecule has 0 saturated carbocycles. The molecule has 1 aromatic heterocycles. The molecule has 0 atom stereocenters. The van der Waals surface area contributed by atoms with Crippen LogP contribution in [0.4, 0.5) is 10.3 Å². The molecule has 0 aliphatic heterocycles. The Morgan fingerprint density at radius 1 is 1.57 bits per heavy atom. The average Bonchev–Trinajstić information content (AvgIpc) is 2.72. The van der Waals surface area contributed by atoms with Crippen molar-refractivity contribution in [2.45, 2.75) is 13.0 Å². The lowest BCUT2D eigenvalue weighted by molar-refractivity contribution is -0.121. The third-order valence-corrected chi connectivity index (χ3v) is 3.62. The number of carbonyl (C=O) groups is 1. The van der Waals surface area contributed by atoms with Crippen LogP contribution >= 0.6 is 15.9 Å². The summed E-state index contributed by atoms with van der Waals surface area (Å²) in [6.45, 7) is 1.25. The number of anilines is 1. The summed E-state index contributed by atoms with van der Waals surface area (Å²) in [5.41, 5.74) is 6.98. The molecule has 2 rings (SSSR count). The SMILES string of the molecule is COCCNC(=O)CCn1c(N)nc2cc(Br)c(F)cc21. The summed E-state index contributed by atoms with van der Waals surface area (Å²) in [5.74, 6) is -0.258. The van der Waals surface area contributed by atoms with Crippen LogP contribution < -0.4 is 11.1 Å². The average molecular weight is 359 g/mol. The van der Waals surface area contributed by atoms with Crippen molar-refractivity contribution in [1.82, 2.24) is 14.9 Å². The van der Waals surface area contributed by atoms with Crippen molar-refractivity contribution >= 4 is 38.8 Å². The van der Waals surface area contributed by atoms with Crippen LogP contribution in [0.15, 0.2) is 16.6 Å². The van der Waals surface area contributed by atoms with Gasteiger partial charge in [-0.2, -0.15) is 0 Å². The molecule has 1 amide bonds. The van der Waals surface area contributed by atoms with Gasteiger partial charge in [-0.05, 0) is 22.0 Å². The number of nitrogens with one attached hydrogen (secondary N) is 1. The van der Waals surface area contributed by atoms with E-state index in [0.717, 1.165) is 0 Å². The summed E-state index contributed by atoms with van der Waals surface area (Å²) >= 11 is 3.11. The van der Waals surface area contributed by atoms with Crippen LogP contribution in [0.1, 0.15) is 6.42 Å². The molecule has 0 fully saturated rings. The van der Waals surface area contributed by atoms with E-state index < -0.39 is 5.82 Å². The number of hydrogen-bond donors (Lipinski definition) is 2. The lowest BCUT2D eigenvalue weighted by Crippen LogP contribution is -2.27. The van der Waals surface area contributed by atoms with E-state index >= 15 is 0 Å². The van der Waals surface area contributed by atoms with Crippen molar-refractivity contribution in [1.29, 1.82) is 0 Å². The largest absolute Gasteiger partial charge is 0.383 e. The minimum absolute atomic E-state index is 0.120. The van der Waals surface area contributed by atoms with E-state index in [9.17, 15) is 9.18 Å². The molecule has 0 aliphatic rings. The Labute approximate surface area is 129 Å². The molecule has 0 aliphatic carbocycles. The third kappa shape index (κ3) is 3.70. The van der Waals surface area contributed by atoms with Gasteiger partial charge in [0.1, 0.15) is 5.82 Å². The van der Waals surface area contributed by atoms with Gasteiger partial charge in [0.2, 0.25) is 11.9 Å². The lowest BCUT2D eigenvalue weighted by Gasteiger charge is -2.07. The molecule has 114 valence electrons. The van der Waals surface area contributed by atoms with Gasteiger partial charge >= 0.3 is 0 Å². The standard InChI is InChI=1S/C13H16BrFN4O2/c1-21-5-3-17-12(20)2-4-19-11-7-9(15)8(14)6-10(11)18-13(19)16/h6-7H,2-5H2,1H3,(H2,16,18)(H,17,20). The Morgan fingerprint density at radius 2 is 2.33 bits per heavy atom. The fraction of sp³-hybridized carbons (Fsp3) is 0.385. The summed E-state index contributed by atoms with van der Waals surface area (Å²) in [6, 6.07) is 2.92. The third-order valence-electron chi connectivity index (χ3n) is 3.01. The van der Waals surface area contributed by atoms with Crippen LogP contribution in [0.25, 0.3) is 11.0 Å². The summed E-state index contributed by atoms with van der Waals surface area (Å²) in [5, 5.41) is 2.71. The van der Waals surface area contributed by atoms with Crippen molar-refractivity contribution in [2.24, 2.45) is 0 Å². The molecule has 0 radical (unpaired) electrons. The molecule has 0 unspecified atom stereocenters. The Kier molecular flexibility index (Phi) is 5.13. The van der Waals surface area contributed by atoms with Crippen LogP contribution in [-0.4, -0.2) is 35.7 Å². The predicted molar refractivity (Wildman–Crippen MR) is 81.3 cm³/mol. The van der Waals surface area contributed by atoms with E-state index in [1.807, 2.05) is 0 Å². The topological polar surface area (TPSA) is 82.2 Å². The van der Waals surface area contributed by atoms with Gasteiger partial charge in [-0.1, -0.05) is 0 Å². The summed E-state index contributed by atoms with van der Waals surface area (Å²) in [7, 11) is 1.57. The second-order valence-electron chi connectivity index (χ2n) is 4.47. The molecule has 0 bridgehead atoms. The molecule has 1 heterocycles. The number of aryl methyl sites for hydroxylation is 1. The molecule has 0 spiro atoms. The number of nitrogens with two attached hydrogens (primary N) is 1. The highest BCUT2D eigenvalue weighted by Crippen LogP contribution is 2.25. The highest BCUT2D eigenvalue weighted by molar-refractivity contribution is 9.10. The van der Waals surface area contributed by atoms with Crippen molar-refractivity contribution in [2.75, 3.05) is 26.0 Å². The number of halogens is 2. The zero-order valence-electron chi connectivity index (χ0n) is 11.5. The number of hydrogen-bond acceptors (Lipinski definition) is 4. The van der Waals surface area contributed by atoms with Gasteiger partial charge in [0.25, 0.3) is 0 Å². The maximum absolute atomic E-state index is 13.6.